The van der Waals surface area contributed by atoms with Gasteiger partial charge in [0.15, 0.2) is 0 Å². The molecule has 1 rings (SSSR count). The number of hydrogen-bond donors (Lipinski definition) is 2. The molecule has 0 aliphatic heterocycles. The highest BCUT2D eigenvalue weighted by Crippen LogP contribution is 2.45. The van der Waals surface area contributed by atoms with Crippen molar-refractivity contribution in [3.05, 3.63) is 0 Å². The Bertz CT molecular complexity index is 162. The molecule has 0 aromatic heterocycles. The molecule has 2 unspecified atom stereocenters. The molecule has 3 N–H and O–H groups in total. The third-order valence-corrected chi connectivity index (χ3v) is 2.04. The lowest BCUT2D eigenvalue weighted by atomic mass is 9.96. The Labute approximate surface area is 61.0 Å². The van der Waals surface area contributed by atoms with E-state index < -0.39 is 11.5 Å². The molecule has 10 heavy (non-hydrogen) atoms. The minimum atomic E-state index is -0.835. The maximum atomic E-state index is 10.2. The van der Waals surface area contributed by atoms with Crippen LogP contribution in [0.25, 0.3) is 0 Å². The lowest BCUT2D eigenvalue weighted by Crippen LogP contribution is -2.28. The van der Waals surface area contributed by atoms with Crippen molar-refractivity contribution < 1.29 is 9.90 Å². The average Bonchev–Trinajstić information content (AvgIpc) is 2.39. The van der Waals surface area contributed by atoms with Gasteiger partial charge in [-0.3, -0.25) is 4.79 Å². The molecule has 1 saturated carbocycles. The van der Waals surface area contributed by atoms with Crippen molar-refractivity contribution in [1.82, 2.24) is 0 Å². The summed E-state index contributed by atoms with van der Waals surface area (Å²) in [5.74, 6) is -0.609. The van der Waals surface area contributed by atoms with Gasteiger partial charge >= 0.3 is 5.97 Å². The van der Waals surface area contributed by atoms with Gasteiger partial charge in [0, 0.05) is 5.54 Å². The fraction of sp³-hybridized carbons (Fsp3) is 0.833. The van der Waals surface area contributed by atoms with E-state index in [1.54, 1.807) is 0 Å². The number of carboxylic acids is 1. The molecule has 1 aliphatic rings. The van der Waals surface area contributed by atoms with Gasteiger partial charge in [0.25, 0.3) is 0 Å². The molecule has 0 amide bonds. The molecule has 3 nitrogen and oxygen atoms in total. The summed E-state index contributed by atoms with van der Waals surface area (Å²) in [5, 5.41) is 8.38. The first-order valence-corrected chi connectivity index (χ1v) is 3.29. The number of carbonyl (C=O) groups is 1. The van der Waals surface area contributed by atoms with Crippen LogP contribution in [0.4, 0.5) is 0 Å². The van der Waals surface area contributed by atoms with E-state index in [-0.39, 0.29) is 12.3 Å². The maximum absolute atomic E-state index is 10.2. The summed E-state index contributed by atoms with van der Waals surface area (Å²) in [6.07, 6.45) is 1.31. The van der Waals surface area contributed by atoms with Gasteiger partial charge in [-0.25, -0.2) is 0 Å². The first-order chi connectivity index (χ1) is 4.58. The Hall–Kier alpha value is -0.505. The molecule has 0 spiro atoms. The summed E-state index contributed by atoms with van der Waals surface area (Å²) in [5.41, 5.74) is 5.16. The van der Waals surface area contributed by atoms with E-state index in [0.29, 0.717) is 6.32 Å². The summed E-state index contributed by atoms with van der Waals surface area (Å²) < 4.78 is 0. The molecular formula is C6H10BNO2. The maximum Gasteiger partial charge on any atom is 0.305 e. The predicted molar refractivity (Wildman–Crippen MR) is 37.8 cm³/mol. The molecule has 2 radical (unpaired) electrons. The van der Waals surface area contributed by atoms with Crippen LogP contribution in [0.5, 0.6) is 0 Å². The van der Waals surface area contributed by atoms with Gasteiger partial charge in [-0.2, -0.15) is 0 Å². The van der Waals surface area contributed by atoms with Crippen LogP contribution in [0, 0.1) is 5.92 Å². The van der Waals surface area contributed by atoms with Crippen molar-refractivity contribution in [3.63, 3.8) is 0 Å². The van der Waals surface area contributed by atoms with Gasteiger partial charge in [-0.05, 0) is 12.3 Å². The molecule has 54 valence electrons. The molecule has 0 aromatic rings. The highest BCUT2D eigenvalue weighted by Gasteiger charge is 2.50. The van der Waals surface area contributed by atoms with Crippen LogP contribution in [0.3, 0.4) is 0 Å². The minimum absolute atomic E-state index is 0.0505. The Balaban J connectivity index is 2.36. The topological polar surface area (TPSA) is 63.3 Å². The second-order valence-electron chi connectivity index (χ2n) is 2.94. The quantitative estimate of drug-likeness (QED) is 0.530. The van der Waals surface area contributed by atoms with Crippen molar-refractivity contribution in [1.29, 1.82) is 0 Å². The van der Waals surface area contributed by atoms with Crippen LogP contribution in [-0.2, 0) is 4.79 Å². The van der Waals surface area contributed by atoms with Crippen molar-refractivity contribution in [2.45, 2.75) is 24.7 Å². The van der Waals surface area contributed by atoms with Gasteiger partial charge in [0.1, 0.15) is 0 Å². The van der Waals surface area contributed by atoms with Crippen LogP contribution in [-0.4, -0.2) is 24.5 Å². The van der Waals surface area contributed by atoms with E-state index in [1.807, 2.05) is 0 Å². The third-order valence-electron chi connectivity index (χ3n) is 2.04. The summed E-state index contributed by atoms with van der Waals surface area (Å²) >= 11 is 0. The summed E-state index contributed by atoms with van der Waals surface area (Å²) in [7, 11) is 5.31. The zero-order chi connectivity index (χ0) is 7.78. The van der Waals surface area contributed by atoms with E-state index in [0.717, 1.165) is 6.42 Å². The first-order valence-electron chi connectivity index (χ1n) is 3.29. The van der Waals surface area contributed by atoms with E-state index in [2.05, 4.69) is 0 Å². The molecule has 0 saturated heterocycles. The smallest absolute Gasteiger partial charge is 0.305 e. The van der Waals surface area contributed by atoms with Gasteiger partial charge in [0.05, 0.1) is 14.3 Å². The fourth-order valence-electron chi connectivity index (χ4n) is 1.22. The minimum Gasteiger partial charge on any atom is -0.481 e. The highest BCUT2D eigenvalue weighted by molar-refractivity contribution is 6.09. The SMILES string of the molecule is [B]CC1CC1(N)CC(=O)O. The molecule has 0 bridgehead atoms. The Kier molecular flexibility index (Phi) is 1.73. The van der Waals surface area contributed by atoms with E-state index in [9.17, 15) is 4.79 Å². The number of aliphatic carboxylic acids is 1. The third kappa shape index (κ3) is 1.32. The van der Waals surface area contributed by atoms with Crippen LogP contribution in [0.15, 0.2) is 0 Å². The van der Waals surface area contributed by atoms with Crippen LogP contribution < -0.4 is 5.73 Å². The van der Waals surface area contributed by atoms with Crippen molar-refractivity contribution >= 4 is 13.8 Å². The fourth-order valence-corrected chi connectivity index (χ4v) is 1.22. The zero-order valence-corrected chi connectivity index (χ0v) is 5.71. The molecule has 0 heterocycles. The normalized spacial score (nSPS) is 37.5. The van der Waals surface area contributed by atoms with E-state index in [4.69, 9.17) is 18.7 Å². The van der Waals surface area contributed by atoms with E-state index >= 15 is 0 Å². The molecule has 4 heteroatoms. The van der Waals surface area contributed by atoms with Crippen molar-refractivity contribution in [2.24, 2.45) is 11.7 Å². The first kappa shape index (κ1) is 7.60. The average molecular weight is 139 g/mol. The molecular weight excluding hydrogens is 129 g/mol. The van der Waals surface area contributed by atoms with E-state index in [1.165, 1.54) is 0 Å². The predicted octanol–water partition coefficient (Wildman–Crippen LogP) is -0.235. The van der Waals surface area contributed by atoms with Crippen LogP contribution in [0.1, 0.15) is 12.8 Å². The van der Waals surface area contributed by atoms with Gasteiger partial charge in [-0.1, -0.05) is 6.32 Å². The zero-order valence-electron chi connectivity index (χ0n) is 5.71. The largest absolute Gasteiger partial charge is 0.481 e. The molecule has 1 fully saturated rings. The molecule has 2 atom stereocenters. The van der Waals surface area contributed by atoms with Crippen LogP contribution >= 0.6 is 0 Å². The molecule has 1 aliphatic carbocycles. The second kappa shape index (κ2) is 2.27. The Morgan fingerprint density at radius 1 is 1.90 bits per heavy atom. The van der Waals surface area contributed by atoms with Gasteiger partial charge in [-0.15, -0.1) is 0 Å². The van der Waals surface area contributed by atoms with Crippen molar-refractivity contribution in [2.75, 3.05) is 0 Å². The number of nitrogens with two attached hydrogens (primary N) is 1. The lowest BCUT2D eigenvalue weighted by Gasteiger charge is -2.05. The van der Waals surface area contributed by atoms with Gasteiger partial charge < -0.3 is 10.8 Å². The number of carboxylic acid groups (broad SMARTS) is 1. The summed E-state index contributed by atoms with van der Waals surface area (Å²) in [4.78, 5) is 10.2. The number of hydrogen-bond acceptors (Lipinski definition) is 2. The monoisotopic (exact) mass is 139 g/mol. The van der Waals surface area contributed by atoms with Crippen LogP contribution in [0.2, 0.25) is 6.32 Å². The number of rotatable bonds is 3. The Morgan fingerprint density at radius 2 is 2.50 bits per heavy atom. The van der Waals surface area contributed by atoms with Gasteiger partial charge in [0.2, 0.25) is 0 Å². The standard InChI is InChI=1S/C6H10BNO2/c7-3-4-1-6(4,8)2-5(9)10/h4H,1-3,8H2,(H,9,10). The molecule has 0 aromatic carbocycles. The highest BCUT2D eigenvalue weighted by atomic mass is 16.4. The lowest BCUT2D eigenvalue weighted by molar-refractivity contribution is -0.137. The summed E-state index contributed by atoms with van der Waals surface area (Å²) in [6, 6.07) is 0. The summed E-state index contributed by atoms with van der Waals surface area (Å²) in [6.45, 7) is 0. The second-order valence-corrected chi connectivity index (χ2v) is 2.94. The van der Waals surface area contributed by atoms with Crippen molar-refractivity contribution in [3.8, 4) is 0 Å². The Morgan fingerprint density at radius 3 is 2.80 bits per heavy atom.